The summed E-state index contributed by atoms with van der Waals surface area (Å²) >= 11 is 1.61. The number of ketones is 2. The van der Waals surface area contributed by atoms with Crippen LogP contribution in [0.4, 0.5) is 0 Å². The summed E-state index contributed by atoms with van der Waals surface area (Å²) in [5, 5.41) is 18.9. The third-order valence-corrected chi connectivity index (χ3v) is 11.2. The van der Waals surface area contributed by atoms with Gasteiger partial charge in [0.25, 0.3) is 0 Å². The van der Waals surface area contributed by atoms with Crippen molar-refractivity contribution >= 4 is 55.9 Å². The standard InChI is InChI=1S/C33H42O7S2/c1-5-33(4,31(38)39)17-11-9-13-25-19-23(35)21-29(42(25)40)27-15-7-6-14-26(27)28-20-22(34)18-24(41-28)12-8-10-16-32(2,3)30(36)37/h6-7,14-15,19-21,24H,5,8-13,16-18H2,1-4H3,(H,36,37)(H,38,39). The second-order valence-corrected chi connectivity index (χ2v) is 15.0. The topological polar surface area (TPSA) is 126 Å². The van der Waals surface area contributed by atoms with Crippen molar-refractivity contribution in [1.29, 1.82) is 0 Å². The third kappa shape index (κ3) is 8.63. The quantitative estimate of drug-likeness (QED) is 0.196. The van der Waals surface area contributed by atoms with Crippen LogP contribution in [0.15, 0.2) is 47.4 Å². The van der Waals surface area contributed by atoms with Gasteiger partial charge in [-0.1, -0.05) is 50.5 Å². The maximum absolute atomic E-state index is 13.7. The molecule has 0 fully saturated rings. The highest BCUT2D eigenvalue weighted by atomic mass is 32.2. The number of unbranched alkanes of at least 4 members (excludes halogenated alkanes) is 2. The lowest BCUT2D eigenvalue weighted by molar-refractivity contribution is -0.149. The summed E-state index contributed by atoms with van der Waals surface area (Å²) in [6.45, 7) is 7.05. The molecule has 2 heterocycles. The summed E-state index contributed by atoms with van der Waals surface area (Å²) in [7, 11) is -1.56. The lowest BCUT2D eigenvalue weighted by atomic mass is 9.82. The lowest BCUT2D eigenvalue weighted by Gasteiger charge is -2.25. The highest BCUT2D eigenvalue weighted by Crippen LogP contribution is 2.43. The maximum Gasteiger partial charge on any atom is 0.309 e. The van der Waals surface area contributed by atoms with Gasteiger partial charge in [-0.15, -0.1) is 11.8 Å². The molecule has 2 aliphatic heterocycles. The number of allylic oxidation sites excluding steroid dienone is 4. The van der Waals surface area contributed by atoms with Crippen LogP contribution in [0.3, 0.4) is 0 Å². The first-order valence-corrected chi connectivity index (χ1v) is 16.7. The van der Waals surface area contributed by atoms with Gasteiger partial charge in [-0.2, -0.15) is 0 Å². The summed E-state index contributed by atoms with van der Waals surface area (Å²) in [5.74, 6) is -1.84. The number of carbonyl (C=O) groups excluding carboxylic acids is 2. The molecule has 3 atom stereocenters. The smallest absolute Gasteiger partial charge is 0.309 e. The molecule has 1 aromatic rings. The Morgan fingerprint density at radius 1 is 0.929 bits per heavy atom. The summed E-state index contributed by atoms with van der Waals surface area (Å²) < 4.78 is 13.7. The molecule has 0 bridgehead atoms. The van der Waals surface area contributed by atoms with E-state index in [-0.39, 0.29) is 16.8 Å². The Kier molecular flexibility index (Phi) is 11.7. The van der Waals surface area contributed by atoms with E-state index < -0.39 is 33.6 Å². The van der Waals surface area contributed by atoms with E-state index in [0.29, 0.717) is 60.3 Å². The van der Waals surface area contributed by atoms with Crippen molar-refractivity contribution in [3.63, 3.8) is 0 Å². The second kappa shape index (κ2) is 14.6. The number of carboxylic acids is 2. The second-order valence-electron chi connectivity index (χ2n) is 12.1. The van der Waals surface area contributed by atoms with Crippen LogP contribution in [0.5, 0.6) is 0 Å². The van der Waals surface area contributed by atoms with E-state index in [1.165, 1.54) is 12.2 Å². The molecule has 0 saturated carbocycles. The zero-order chi connectivity index (χ0) is 31.1. The van der Waals surface area contributed by atoms with E-state index in [9.17, 15) is 33.6 Å². The molecule has 0 aromatic heterocycles. The number of thioether (sulfide) groups is 1. The van der Waals surface area contributed by atoms with Gasteiger partial charge in [-0.25, -0.2) is 4.21 Å². The highest BCUT2D eigenvalue weighted by Gasteiger charge is 2.31. The van der Waals surface area contributed by atoms with Crippen molar-refractivity contribution < 1.29 is 33.6 Å². The molecule has 0 saturated heterocycles. The number of aliphatic carboxylic acids is 2. The minimum Gasteiger partial charge on any atom is -0.481 e. The fourth-order valence-corrected chi connectivity index (χ4v) is 7.95. The Morgan fingerprint density at radius 2 is 1.60 bits per heavy atom. The van der Waals surface area contributed by atoms with Crippen molar-refractivity contribution in [2.24, 2.45) is 10.8 Å². The first-order valence-electron chi connectivity index (χ1n) is 14.6. The molecule has 7 nitrogen and oxygen atoms in total. The van der Waals surface area contributed by atoms with Gasteiger partial charge in [0, 0.05) is 27.6 Å². The molecular weight excluding hydrogens is 572 g/mol. The van der Waals surface area contributed by atoms with Gasteiger partial charge in [0.15, 0.2) is 11.6 Å². The van der Waals surface area contributed by atoms with Gasteiger partial charge in [0.1, 0.15) is 0 Å². The minimum absolute atomic E-state index is 0.0188. The normalized spacial score (nSPS) is 20.8. The monoisotopic (exact) mass is 614 g/mol. The molecule has 2 N–H and O–H groups in total. The number of benzene rings is 1. The molecule has 42 heavy (non-hydrogen) atoms. The van der Waals surface area contributed by atoms with Gasteiger partial charge in [0.05, 0.1) is 26.5 Å². The molecule has 9 heteroatoms. The molecule has 3 unspecified atom stereocenters. The van der Waals surface area contributed by atoms with Crippen molar-refractivity contribution in [3.8, 4) is 0 Å². The van der Waals surface area contributed by atoms with Crippen molar-refractivity contribution in [1.82, 2.24) is 0 Å². The molecule has 0 aliphatic carbocycles. The van der Waals surface area contributed by atoms with Gasteiger partial charge < -0.3 is 10.2 Å². The zero-order valence-corrected chi connectivity index (χ0v) is 26.6. The summed E-state index contributed by atoms with van der Waals surface area (Å²) in [6, 6.07) is 7.41. The van der Waals surface area contributed by atoms with E-state index in [1.54, 1.807) is 38.6 Å². The fourth-order valence-electron chi connectivity index (χ4n) is 5.12. The van der Waals surface area contributed by atoms with Crippen LogP contribution < -0.4 is 0 Å². The van der Waals surface area contributed by atoms with Crippen molar-refractivity contribution in [2.45, 2.75) is 97.2 Å². The van der Waals surface area contributed by atoms with E-state index in [4.69, 9.17) is 0 Å². The number of hydrogen-bond acceptors (Lipinski definition) is 6. The Hall–Kier alpha value is -2.78. The Balaban J connectivity index is 1.70. The molecule has 0 spiro atoms. The van der Waals surface area contributed by atoms with Crippen LogP contribution in [0.1, 0.15) is 103 Å². The zero-order valence-electron chi connectivity index (χ0n) is 24.9. The number of hydrogen-bond donors (Lipinski definition) is 2. The van der Waals surface area contributed by atoms with Crippen molar-refractivity contribution in [2.75, 3.05) is 0 Å². The molecule has 228 valence electrons. The average molecular weight is 615 g/mol. The third-order valence-electron chi connectivity index (χ3n) is 8.34. The summed E-state index contributed by atoms with van der Waals surface area (Å²) in [6.07, 6.45) is 10.6. The SMILES string of the molecule is CCC(C)(CCCCC1=CC(=O)C=C(c2ccccc2C2=CC(=O)CC(CCCCC(C)(C)C(=O)O)S2)S1=O)C(=O)O. The van der Waals surface area contributed by atoms with E-state index in [0.717, 1.165) is 29.7 Å². The lowest BCUT2D eigenvalue weighted by Crippen LogP contribution is -2.26. The van der Waals surface area contributed by atoms with Gasteiger partial charge in [-0.3, -0.25) is 19.2 Å². The first kappa shape index (κ1) is 33.7. The van der Waals surface area contributed by atoms with Crippen LogP contribution in [0.25, 0.3) is 9.81 Å². The van der Waals surface area contributed by atoms with E-state index in [1.807, 2.05) is 31.2 Å². The van der Waals surface area contributed by atoms with Gasteiger partial charge in [0.2, 0.25) is 0 Å². The Morgan fingerprint density at radius 3 is 2.24 bits per heavy atom. The first-order chi connectivity index (χ1) is 19.8. The fraction of sp³-hybridized carbons (Fsp3) is 0.515. The Labute approximate surface area is 255 Å². The van der Waals surface area contributed by atoms with E-state index >= 15 is 0 Å². The molecular formula is C33H42O7S2. The molecule has 0 amide bonds. The maximum atomic E-state index is 13.7. The van der Waals surface area contributed by atoms with Crippen LogP contribution >= 0.6 is 11.8 Å². The Bertz CT molecular complexity index is 1340. The molecule has 0 radical (unpaired) electrons. The molecule has 1 aromatic carbocycles. The summed E-state index contributed by atoms with van der Waals surface area (Å²) in [4.78, 5) is 50.2. The van der Waals surface area contributed by atoms with Gasteiger partial charge >= 0.3 is 11.9 Å². The van der Waals surface area contributed by atoms with Crippen LogP contribution in [0.2, 0.25) is 0 Å². The average Bonchev–Trinajstić information content (AvgIpc) is 2.94. The van der Waals surface area contributed by atoms with Crippen LogP contribution in [-0.2, 0) is 30.0 Å². The predicted molar refractivity (Wildman–Crippen MR) is 169 cm³/mol. The van der Waals surface area contributed by atoms with Crippen LogP contribution in [0, 0.1) is 10.8 Å². The minimum atomic E-state index is -1.56. The number of carbonyl (C=O) groups is 4. The number of rotatable bonds is 15. The van der Waals surface area contributed by atoms with Crippen molar-refractivity contribution in [3.05, 3.63) is 58.5 Å². The molecule has 3 rings (SSSR count). The van der Waals surface area contributed by atoms with E-state index in [2.05, 4.69) is 0 Å². The largest absolute Gasteiger partial charge is 0.481 e. The highest BCUT2D eigenvalue weighted by molar-refractivity contribution is 8.09. The number of carboxylic acid groups (broad SMARTS) is 2. The molecule has 2 aliphatic rings. The predicted octanol–water partition coefficient (Wildman–Crippen LogP) is 7.39. The van der Waals surface area contributed by atoms with Crippen LogP contribution in [-0.4, -0.2) is 43.2 Å². The summed E-state index contributed by atoms with van der Waals surface area (Å²) in [5.41, 5.74) is -0.145. The van der Waals surface area contributed by atoms with Gasteiger partial charge in [-0.05, 0) is 82.6 Å².